The highest BCUT2D eigenvalue weighted by atomic mass is 32.2. The van der Waals surface area contributed by atoms with Gasteiger partial charge in [-0.05, 0) is 23.8 Å². The van der Waals surface area contributed by atoms with Gasteiger partial charge in [-0.3, -0.25) is 9.78 Å². The quantitative estimate of drug-likeness (QED) is 0.479. The summed E-state index contributed by atoms with van der Waals surface area (Å²) in [5, 5.41) is 3.21. The molecule has 1 fully saturated rings. The van der Waals surface area contributed by atoms with Crippen LogP contribution in [0.4, 0.5) is 13.2 Å². The molecule has 0 spiro atoms. The highest BCUT2D eigenvalue weighted by molar-refractivity contribution is 8.26. The number of thioether (sulfide) groups is 1. The number of carbonyl (C=O) groups excluding carboxylic acids is 1. The van der Waals surface area contributed by atoms with E-state index in [0.29, 0.717) is 37.1 Å². The van der Waals surface area contributed by atoms with Crippen LogP contribution in [0.5, 0.6) is 5.75 Å². The third-order valence-electron chi connectivity index (χ3n) is 3.76. The molecular formula is C18H9F3N2O3S2. The molecule has 0 bridgehead atoms. The van der Waals surface area contributed by atoms with Crippen LogP contribution < -0.4 is 10.1 Å². The zero-order chi connectivity index (χ0) is 19.9. The summed E-state index contributed by atoms with van der Waals surface area (Å²) >= 11 is 6.09. The lowest BCUT2D eigenvalue weighted by molar-refractivity contribution is -0.274. The van der Waals surface area contributed by atoms with Crippen LogP contribution in [0, 0.1) is 0 Å². The standard InChI is InChI=1S/C18H9F3N2O3S2/c19-18(20,21)26-11-3-1-9(2-4-11)13-8-22-7-10-5-12(25-15(10)13)6-14-16(24)23-17(27)28-14/h1-8H,(H,23,24,27)/b14-6+. The Morgan fingerprint density at radius 1 is 1.21 bits per heavy atom. The first kappa shape index (κ1) is 18.5. The van der Waals surface area contributed by atoms with Crippen LogP contribution in [0.25, 0.3) is 28.2 Å². The minimum Gasteiger partial charge on any atom is -0.456 e. The summed E-state index contributed by atoms with van der Waals surface area (Å²) in [5.41, 5.74) is 1.70. The van der Waals surface area contributed by atoms with Crippen molar-refractivity contribution >= 4 is 51.3 Å². The monoisotopic (exact) mass is 422 g/mol. The molecule has 10 heteroatoms. The molecule has 5 nitrogen and oxygen atoms in total. The van der Waals surface area contributed by atoms with Crippen molar-refractivity contribution in [3.05, 3.63) is 53.4 Å². The molecule has 3 heterocycles. The number of alkyl halides is 3. The van der Waals surface area contributed by atoms with Crippen LogP contribution in [0.1, 0.15) is 5.76 Å². The van der Waals surface area contributed by atoms with Gasteiger partial charge >= 0.3 is 6.36 Å². The van der Waals surface area contributed by atoms with Gasteiger partial charge in [0.15, 0.2) is 0 Å². The third kappa shape index (κ3) is 3.87. The molecule has 1 aliphatic heterocycles. The van der Waals surface area contributed by atoms with E-state index in [9.17, 15) is 18.0 Å². The van der Waals surface area contributed by atoms with E-state index in [1.807, 2.05) is 0 Å². The Morgan fingerprint density at radius 2 is 1.96 bits per heavy atom. The van der Waals surface area contributed by atoms with Gasteiger partial charge in [0.25, 0.3) is 5.91 Å². The number of hydrogen-bond donors (Lipinski definition) is 1. The fourth-order valence-electron chi connectivity index (χ4n) is 2.65. The summed E-state index contributed by atoms with van der Waals surface area (Å²) in [6.07, 6.45) is -0.0325. The molecule has 4 rings (SSSR count). The van der Waals surface area contributed by atoms with E-state index in [1.165, 1.54) is 24.3 Å². The van der Waals surface area contributed by atoms with Crippen molar-refractivity contribution in [3.8, 4) is 16.9 Å². The first-order valence-electron chi connectivity index (χ1n) is 7.77. The normalized spacial score (nSPS) is 16.0. The fourth-order valence-corrected chi connectivity index (χ4v) is 3.67. The van der Waals surface area contributed by atoms with Gasteiger partial charge in [0.2, 0.25) is 0 Å². The lowest BCUT2D eigenvalue weighted by Crippen LogP contribution is -2.17. The van der Waals surface area contributed by atoms with Crippen molar-refractivity contribution in [1.82, 2.24) is 10.3 Å². The van der Waals surface area contributed by atoms with Gasteiger partial charge in [0.05, 0.1) is 4.91 Å². The molecule has 142 valence electrons. The summed E-state index contributed by atoms with van der Waals surface area (Å²) in [6, 6.07) is 7.12. The van der Waals surface area contributed by atoms with Crippen LogP contribution >= 0.6 is 24.0 Å². The summed E-state index contributed by atoms with van der Waals surface area (Å²) in [7, 11) is 0. The van der Waals surface area contributed by atoms with Crippen molar-refractivity contribution in [2.75, 3.05) is 0 Å². The zero-order valence-corrected chi connectivity index (χ0v) is 15.4. The summed E-state index contributed by atoms with van der Waals surface area (Å²) in [6.45, 7) is 0. The summed E-state index contributed by atoms with van der Waals surface area (Å²) < 4.78 is 47.0. The lowest BCUT2D eigenvalue weighted by Gasteiger charge is -2.09. The van der Waals surface area contributed by atoms with E-state index in [4.69, 9.17) is 16.6 Å². The Bertz CT molecular complexity index is 1120. The van der Waals surface area contributed by atoms with E-state index in [-0.39, 0.29) is 11.7 Å². The number of rotatable bonds is 3. The fraction of sp³-hybridized carbons (Fsp3) is 0.0556. The third-order valence-corrected chi connectivity index (χ3v) is 4.92. The van der Waals surface area contributed by atoms with Crippen molar-refractivity contribution in [2.24, 2.45) is 0 Å². The Hall–Kier alpha value is -2.85. The Morgan fingerprint density at radius 3 is 2.61 bits per heavy atom. The number of carbonyl (C=O) groups is 1. The van der Waals surface area contributed by atoms with Gasteiger partial charge in [-0.1, -0.05) is 36.1 Å². The average molecular weight is 422 g/mol. The van der Waals surface area contributed by atoms with Crippen molar-refractivity contribution in [1.29, 1.82) is 0 Å². The Kier molecular flexibility index (Phi) is 4.60. The molecular weight excluding hydrogens is 413 g/mol. The summed E-state index contributed by atoms with van der Waals surface area (Å²) in [5.74, 6) is -0.181. The van der Waals surface area contributed by atoms with E-state index in [0.717, 1.165) is 11.8 Å². The number of benzene rings is 1. The number of halogens is 3. The van der Waals surface area contributed by atoms with Crippen LogP contribution in [0.3, 0.4) is 0 Å². The highest BCUT2D eigenvalue weighted by Gasteiger charge is 2.31. The molecule has 1 saturated heterocycles. The maximum absolute atomic E-state index is 12.3. The van der Waals surface area contributed by atoms with Crippen molar-refractivity contribution in [2.45, 2.75) is 6.36 Å². The number of amides is 1. The highest BCUT2D eigenvalue weighted by Crippen LogP contribution is 2.34. The van der Waals surface area contributed by atoms with E-state index >= 15 is 0 Å². The average Bonchev–Trinajstić information content (AvgIpc) is 3.16. The molecule has 1 amide bonds. The smallest absolute Gasteiger partial charge is 0.456 e. The molecule has 0 aliphatic carbocycles. The largest absolute Gasteiger partial charge is 0.573 e. The van der Waals surface area contributed by atoms with E-state index < -0.39 is 6.36 Å². The maximum Gasteiger partial charge on any atom is 0.573 e. The lowest BCUT2D eigenvalue weighted by atomic mass is 10.1. The van der Waals surface area contributed by atoms with Crippen molar-refractivity contribution < 1.29 is 27.1 Å². The Balaban J connectivity index is 1.69. The predicted octanol–water partition coefficient (Wildman–Crippen LogP) is 4.88. The Labute approximate surface area is 165 Å². The van der Waals surface area contributed by atoms with Crippen LogP contribution in [0.15, 0.2) is 52.0 Å². The van der Waals surface area contributed by atoms with Gasteiger partial charge in [0, 0.05) is 29.4 Å². The molecule has 0 unspecified atom stereocenters. The molecule has 3 aromatic rings. The van der Waals surface area contributed by atoms with Gasteiger partial charge in [0.1, 0.15) is 21.4 Å². The molecule has 0 atom stereocenters. The van der Waals surface area contributed by atoms with Gasteiger partial charge in [-0.25, -0.2) is 0 Å². The molecule has 28 heavy (non-hydrogen) atoms. The van der Waals surface area contributed by atoms with Gasteiger partial charge < -0.3 is 14.5 Å². The van der Waals surface area contributed by atoms with Crippen molar-refractivity contribution in [3.63, 3.8) is 0 Å². The number of nitrogens with zero attached hydrogens (tertiary/aromatic N) is 1. The first-order chi connectivity index (χ1) is 13.3. The molecule has 2 aromatic heterocycles. The van der Waals surface area contributed by atoms with Crippen LogP contribution in [0.2, 0.25) is 0 Å². The SMILES string of the molecule is O=C1NC(=S)S/C1=C/c1cc2cncc(-c3ccc(OC(F)(F)F)cc3)c2o1. The molecule has 1 aliphatic rings. The molecule has 0 radical (unpaired) electrons. The van der Waals surface area contributed by atoms with Gasteiger partial charge in [-0.2, -0.15) is 0 Å². The molecule has 1 N–H and O–H groups in total. The van der Waals surface area contributed by atoms with Crippen LogP contribution in [-0.2, 0) is 4.79 Å². The molecule has 0 saturated carbocycles. The maximum atomic E-state index is 12.3. The number of aromatic nitrogens is 1. The predicted molar refractivity (Wildman–Crippen MR) is 102 cm³/mol. The van der Waals surface area contributed by atoms with E-state index in [2.05, 4.69) is 15.0 Å². The first-order valence-corrected chi connectivity index (χ1v) is 8.99. The number of ether oxygens (including phenoxy) is 1. The topological polar surface area (TPSA) is 64.4 Å². The van der Waals surface area contributed by atoms with Crippen LogP contribution in [-0.4, -0.2) is 21.6 Å². The zero-order valence-electron chi connectivity index (χ0n) is 13.7. The van der Waals surface area contributed by atoms with Gasteiger partial charge in [-0.15, -0.1) is 13.2 Å². The molecule has 1 aromatic carbocycles. The number of hydrogen-bond acceptors (Lipinski definition) is 6. The number of fused-ring (bicyclic) bond motifs is 1. The number of nitrogens with one attached hydrogen (secondary N) is 1. The number of thiocarbonyl (C=S) groups is 1. The summed E-state index contributed by atoms with van der Waals surface area (Å²) in [4.78, 5) is 16.3. The number of furan rings is 1. The minimum atomic E-state index is -4.75. The second-order valence-electron chi connectivity index (χ2n) is 5.68. The second kappa shape index (κ2) is 6.95. The van der Waals surface area contributed by atoms with E-state index in [1.54, 1.807) is 24.5 Å². The second-order valence-corrected chi connectivity index (χ2v) is 7.40. The number of pyridine rings is 1. The minimum absolute atomic E-state index is 0.297.